The van der Waals surface area contributed by atoms with E-state index in [1.54, 1.807) is 0 Å². The number of carbonyl (C=O) groups is 1. The monoisotopic (exact) mass is 408 g/mol. The van der Waals surface area contributed by atoms with E-state index in [4.69, 9.17) is 4.74 Å². The lowest BCUT2D eigenvalue weighted by molar-refractivity contribution is -0.376. The van der Waals surface area contributed by atoms with E-state index in [9.17, 15) is 31.1 Å². The summed E-state index contributed by atoms with van der Waals surface area (Å²) in [5, 5.41) is 2.45. The Bertz CT molecular complexity index is 820. The zero-order chi connectivity index (χ0) is 21.2. The molecule has 0 bridgehead atoms. The number of H-pyrrole nitrogens is 1. The molecule has 0 radical (unpaired) electrons. The Balaban J connectivity index is 2.48. The minimum Gasteiger partial charge on any atom is -0.497 e. The van der Waals surface area contributed by atoms with Crippen LogP contribution in [-0.2, 0) is 0 Å². The van der Waals surface area contributed by atoms with Crippen molar-refractivity contribution in [2.45, 2.75) is 24.9 Å². The van der Waals surface area contributed by atoms with Gasteiger partial charge in [-0.1, -0.05) is 6.07 Å². The number of alkyl halides is 6. The van der Waals surface area contributed by atoms with Crippen LogP contribution in [0.2, 0.25) is 0 Å². The summed E-state index contributed by atoms with van der Waals surface area (Å²) < 4.78 is 86.6. The lowest BCUT2D eigenvalue weighted by Crippen LogP contribution is -2.72. The maximum Gasteiger partial charge on any atom is 0.462 e. The molecule has 0 aliphatic heterocycles. The Morgan fingerprint density at radius 3 is 2.00 bits per heavy atom. The fraction of sp³-hybridized carbons (Fsp3) is 0.294. The van der Waals surface area contributed by atoms with Crippen LogP contribution >= 0.6 is 0 Å². The van der Waals surface area contributed by atoms with Gasteiger partial charge in [0.25, 0.3) is 11.7 Å². The third kappa shape index (κ3) is 4.29. The number of benzene rings is 1. The highest BCUT2D eigenvalue weighted by molar-refractivity contribution is 5.95. The summed E-state index contributed by atoms with van der Waals surface area (Å²) in [7, 11) is 1.32. The predicted molar refractivity (Wildman–Crippen MR) is 86.7 cm³/mol. The van der Waals surface area contributed by atoms with Gasteiger partial charge in [-0.2, -0.15) is 26.3 Å². The minimum absolute atomic E-state index is 0.280. The van der Waals surface area contributed by atoms with Crippen LogP contribution in [0.5, 0.6) is 5.75 Å². The maximum absolute atomic E-state index is 13.6. The molecule has 0 unspecified atom stereocenters. The Labute approximate surface area is 155 Å². The molecule has 1 aromatic carbocycles. The van der Waals surface area contributed by atoms with Gasteiger partial charge >= 0.3 is 18.0 Å². The highest BCUT2D eigenvalue weighted by Gasteiger charge is 2.76. The van der Waals surface area contributed by atoms with E-state index in [0.29, 0.717) is 5.69 Å². The molecule has 0 aliphatic rings. The molecule has 2 aromatic rings. The summed E-state index contributed by atoms with van der Waals surface area (Å²) in [6, 6.07) is 8.26. The molecule has 1 heterocycles. The van der Waals surface area contributed by atoms with Gasteiger partial charge < -0.3 is 4.74 Å². The second-order valence-electron chi connectivity index (χ2n) is 5.80. The van der Waals surface area contributed by atoms with Gasteiger partial charge in [-0.15, -0.1) is 0 Å². The molecular weight excluding hydrogens is 392 g/mol. The van der Waals surface area contributed by atoms with Crippen molar-refractivity contribution < 1.29 is 40.9 Å². The summed E-state index contributed by atoms with van der Waals surface area (Å²) in [6.45, 7) is 1.45. The number of amides is 1. The first kappa shape index (κ1) is 21.3. The predicted octanol–water partition coefficient (Wildman–Crippen LogP) is 3.48. The fourth-order valence-corrected chi connectivity index (χ4v) is 2.32. The van der Waals surface area contributed by atoms with Crippen molar-refractivity contribution in [3.63, 3.8) is 0 Å². The number of aryl methyl sites for hydroxylation is 1. The molecule has 0 fully saturated rings. The highest BCUT2D eigenvalue weighted by atomic mass is 19.4. The molecular formula is C17H16F6N3O2+. The van der Waals surface area contributed by atoms with Crippen molar-refractivity contribution in [2.75, 3.05) is 12.4 Å². The van der Waals surface area contributed by atoms with Crippen molar-refractivity contribution in [1.29, 1.82) is 0 Å². The van der Waals surface area contributed by atoms with E-state index in [2.05, 4.69) is 4.98 Å². The average molecular weight is 408 g/mol. The van der Waals surface area contributed by atoms with Gasteiger partial charge in [0.05, 0.1) is 12.8 Å². The number of ether oxygens (including phenoxy) is 1. The van der Waals surface area contributed by atoms with Gasteiger partial charge in [-0.25, -0.2) is 10.3 Å². The van der Waals surface area contributed by atoms with Crippen LogP contribution in [0.1, 0.15) is 16.1 Å². The molecule has 0 spiro atoms. The summed E-state index contributed by atoms with van der Waals surface area (Å²) in [5.74, 6) is -1.87. The molecule has 28 heavy (non-hydrogen) atoms. The van der Waals surface area contributed by atoms with Gasteiger partial charge in [-0.05, 0) is 37.3 Å². The summed E-state index contributed by atoms with van der Waals surface area (Å²) in [4.78, 5) is 14.6. The molecule has 1 amide bonds. The zero-order valence-electron chi connectivity index (χ0n) is 14.6. The number of hydrogen-bond donors (Lipinski definition) is 2. The fourth-order valence-electron chi connectivity index (χ4n) is 2.32. The second-order valence-corrected chi connectivity index (χ2v) is 5.80. The van der Waals surface area contributed by atoms with Gasteiger partial charge in [0, 0.05) is 11.6 Å². The van der Waals surface area contributed by atoms with Crippen LogP contribution in [0.25, 0.3) is 0 Å². The molecule has 152 valence electrons. The van der Waals surface area contributed by atoms with E-state index < -0.39 is 35.3 Å². The Kier molecular flexibility index (Phi) is 5.76. The Hall–Kier alpha value is -2.98. The van der Waals surface area contributed by atoms with Crippen LogP contribution in [0.15, 0.2) is 42.5 Å². The van der Waals surface area contributed by atoms with Crippen molar-refractivity contribution in [1.82, 2.24) is 5.32 Å². The molecule has 11 heteroatoms. The lowest BCUT2D eigenvalue weighted by Gasteiger charge is -2.34. The van der Waals surface area contributed by atoms with Crippen LogP contribution in [0, 0.1) is 6.92 Å². The number of aromatic amines is 1. The van der Waals surface area contributed by atoms with Crippen molar-refractivity contribution in [3.8, 4) is 5.75 Å². The maximum atomic E-state index is 13.6. The van der Waals surface area contributed by atoms with Crippen molar-refractivity contribution in [2.24, 2.45) is 0 Å². The van der Waals surface area contributed by atoms with Crippen LogP contribution in [-0.4, -0.2) is 31.0 Å². The first-order valence-corrected chi connectivity index (χ1v) is 7.77. The van der Waals surface area contributed by atoms with Crippen LogP contribution < -0.4 is 20.4 Å². The molecule has 2 rings (SSSR count). The molecule has 0 atom stereocenters. The number of anilines is 1. The number of aromatic nitrogens is 1. The number of halogens is 6. The Morgan fingerprint density at radius 1 is 0.964 bits per heavy atom. The SMILES string of the molecule is COc1ccc(C(=O)NC(Nc2cccc(C)[nH+]2)(C(F)(F)F)C(F)(F)F)cc1. The van der Waals surface area contributed by atoms with Crippen LogP contribution in [0.4, 0.5) is 32.2 Å². The standard InChI is InChI=1S/C17H15F6N3O2/c1-10-4-3-5-13(24-10)25-15(16(18,19)20,17(21,22)23)26-14(27)11-6-8-12(28-2)9-7-11/h3-9H,1-2H3,(H,24,25)(H,26,27)/p+1. The van der Waals surface area contributed by atoms with Gasteiger partial charge in [0.15, 0.2) is 0 Å². The van der Waals surface area contributed by atoms with Crippen LogP contribution in [0.3, 0.4) is 0 Å². The summed E-state index contributed by atoms with van der Waals surface area (Å²) in [5.41, 5.74) is -4.82. The highest BCUT2D eigenvalue weighted by Crippen LogP contribution is 2.43. The molecule has 1 aromatic heterocycles. The topological polar surface area (TPSA) is 64.5 Å². The normalized spacial score (nSPS) is 12.4. The molecule has 0 saturated heterocycles. The second kappa shape index (κ2) is 7.56. The third-order valence-electron chi connectivity index (χ3n) is 3.77. The summed E-state index contributed by atoms with van der Waals surface area (Å²) >= 11 is 0. The quantitative estimate of drug-likeness (QED) is 0.588. The number of methoxy groups -OCH3 is 1. The van der Waals surface area contributed by atoms with Gasteiger partial charge in [0.1, 0.15) is 5.75 Å². The smallest absolute Gasteiger partial charge is 0.462 e. The summed E-state index contributed by atoms with van der Waals surface area (Å²) in [6.07, 6.45) is -11.8. The number of carbonyl (C=O) groups excluding carboxylic acids is 1. The van der Waals surface area contributed by atoms with Crippen molar-refractivity contribution in [3.05, 3.63) is 53.7 Å². The van der Waals surface area contributed by atoms with Crippen molar-refractivity contribution >= 4 is 11.7 Å². The first-order valence-electron chi connectivity index (χ1n) is 7.77. The first-order chi connectivity index (χ1) is 12.9. The lowest BCUT2D eigenvalue weighted by atomic mass is 10.1. The van der Waals surface area contributed by atoms with E-state index >= 15 is 0 Å². The minimum atomic E-state index is -5.91. The Morgan fingerprint density at radius 2 is 1.54 bits per heavy atom. The third-order valence-corrected chi connectivity index (χ3v) is 3.77. The van der Waals surface area contributed by atoms with Gasteiger partial charge in [-0.3, -0.25) is 10.1 Å². The number of hydrogen-bond acceptors (Lipinski definition) is 3. The zero-order valence-corrected chi connectivity index (χ0v) is 14.6. The average Bonchev–Trinajstić information content (AvgIpc) is 2.59. The van der Waals surface area contributed by atoms with E-state index in [1.165, 1.54) is 43.6 Å². The number of rotatable bonds is 5. The number of pyridine rings is 1. The van der Waals surface area contributed by atoms with Gasteiger partial charge in [0.2, 0.25) is 0 Å². The number of nitrogens with one attached hydrogen (secondary N) is 3. The molecule has 0 aliphatic carbocycles. The molecule has 3 N–H and O–H groups in total. The van der Waals surface area contributed by atoms with E-state index in [-0.39, 0.29) is 5.75 Å². The largest absolute Gasteiger partial charge is 0.497 e. The molecule has 5 nitrogen and oxygen atoms in total. The van der Waals surface area contributed by atoms with E-state index in [0.717, 1.165) is 23.5 Å². The van der Waals surface area contributed by atoms with E-state index in [1.807, 2.05) is 0 Å². The molecule has 0 saturated carbocycles.